The maximum absolute atomic E-state index is 13.1. The summed E-state index contributed by atoms with van der Waals surface area (Å²) in [5.41, 5.74) is 2.11. The number of hydrogen-bond donors (Lipinski definition) is 1. The molecular weight excluding hydrogens is 477 g/mol. The zero-order chi connectivity index (χ0) is 19.0. The maximum Gasteiger partial charge on any atom is 0.354 e. The second-order valence-electron chi connectivity index (χ2n) is 6.02. The summed E-state index contributed by atoms with van der Waals surface area (Å²) in [6.45, 7) is 0.348. The third kappa shape index (κ3) is 3.42. The van der Waals surface area contributed by atoms with Crippen molar-refractivity contribution in [2.45, 2.75) is 6.54 Å². The molecule has 0 fully saturated rings. The Morgan fingerprint density at radius 1 is 1.15 bits per heavy atom. The normalized spacial score (nSPS) is 11.0. The summed E-state index contributed by atoms with van der Waals surface area (Å²) >= 11 is 8.05. The van der Waals surface area contributed by atoms with E-state index in [1.54, 1.807) is 35.2 Å². The summed E-state index contributed by atoms with van der Waals surface area (Å²) in [4.78, 5) is 17.2. The van der Waals surface area contributed by atoms with E-state index < -0.39 is 0 Å². The van der Waals surface area contributed by atoms with E-state index in [0.29, 0.717) is 22.9 Å². The van der Waals surface area contributed by atoms with Crippen LogP contribution in [0.3, 0.4) is 0 Å². The van der Waals surface area contributed by atoms with E-state index in [1.807, 2.05) is 36.4 Å². The van der Waals surface area contributed by atoms with Crippen LogP contribution in [0, 0.1) is 3.57 Å². The molecule has 0 amide bonds. The Kier molecular flexibility index (Phi) is 4.84. The Bertz CT molecular complexity index is 1210. The average molecular weight is 491 g/mol. The molecule has 0 bridgehead atoms. The monoisotopic (exact) mass is 490 g/mol. The lowest BCUT2D eigenvalue weighted by molar-refractivity contribution is -0.671. The minimum atomic E-state index is -0.268. The molecule has 0 aliphatic rings. The summed E-state index contributed by atoms with van der Waals surface area (Å²) in [6, 6.07) is 16.5. The van der Waals surface area contributed by atoms with Gasteiger partial charge in [0.2, 0.25) is 0 Å². The fourth-order valence-electron chi connectivity index (χ4n) is 3.02. The first-order valence-electron chi connectivity index (χ1n) is 8.17. The molecule has 3 aromatic heterocycles. The largest absolute Gasteiger partial charge is 0.477 e. The lowest BCUT2D eigenvalue weighted by atomic mass is 10.1. The molecule has 1 aromatic carbocycles. The summed E-state index contributed by atoms with van der Waals surface area (Å²) in [5, 5.41) is 11.4. The summed E-state index contributed by atoms with van der Waals surface area (Å²) in [7, 11) is 0. The summed E-state index contributed by atoms with van der Waals surface area (Å²) in [5.74, 6) is -0.0804. The van der Waals surface area contributed by atoms with Crippen molar-refractivity contribution in [3.63, 3.8) is 0 Å². The second kappa shape index (κ2) is 7.28. The van der Waals surface area contributed by atoms with E-state index in [4.69, 9.17) is 11.6 Å². The zero-order valence-corrected chi connectivity index (χ0v) is 16.9. The SMILES string of the molecule is O=c1c(-c2cccc(I)c2)c(O)[n+](Cc2ccc(Cl)nc2)c2ccccn12. The Hall–Kier alpha value is -2.45. The number of benzene rings is 1. The Morgan fingerprint density at radius 3 is 2.74 bits per heavy atom. The second-order valence-corrected chi connectivity index (χ2v) is 7.65. The Balaban J connectivity index is 2.00. The van der Waals surface area contributed by atoms with Gasteiger partial charge in [-0.25, -0.2) is 9.78 Å². The minimum Gasteiger partial charge on any atom is -0.477 e. The number of halogens is 2. The van der Waals surface area contributed by atoms with Gasteiger partial charge in [-0.1, -0.05) is 35.9 Å². The van der Waals surface area contributed by atoms with Gasteiger partial charge in [0.15, 0.2) is 5.56 Å². The van der Waals surface area contributed by atoms with Gasteiger partial charge in [-0.3, -0.25) is 0 Å². The molecule has 5 nitrogen and oxygen atoms in total. The van der Waals surface area contributed by atoms with Crippen LogP contribution < -0.4 is 10.1 Å². The number of fused-ring (bicyclic) bond motifs is 1. The molecule has 0 unspecified atom stereocenters. The van der Waals surface area contributed by atoms with Gasteiger partial charge in [-0.2, -0.15) is 8.97 Å². The van der Waals surface area contributed by atoms with E-state index in [-0.39, 0.29) is 17.0 Å². The number of aromatic nitrogens is 3. The number of nitrogens with zero attached hydrogens (tertiary/aromatic N) is 3. The highest BCUT2D eigenvalue weighted by Crippen LogP contribution is 2.25. The van der Waals surface area contributed by atoms with Crippen molar-refractivity contribution in [1.82, 2.24) is 9.38 Å². The van der Waals surface area contributed by atoms with E-state index in [9.17, 15) is 9.90 Å². The van der Waals surface area contributed by atoms with Crippen LogP contribution in [0.2, 0.25) is 5.15 Å². The molecule has 27 heavy (non-hydrogen) atoms. The van der Waals surface area contributed by atoms with Crippen molar-refractivity contribution >= 4 is 39.8 Å². The van der Waals surface area contributed by atoms with Gasteiger partial charge in [0, 0.05) is 21.4 Å². The fraction of sp³-hybridized carbons (Fsp3) is 0.0500. The predicted molar refractivity (Wildman–Crippen MR) is 112 cm³/mol. The minimum absolute atomic E-state index is 0.0804. The quantitative estimate of drug-likeness (QED) is 0.271. The van der Waals surface area contributed by atoms with E-state index >= 15 is 0 Å². The van der Waals surface area contributed by atoms with Crippen LogP contribution in [-0.4, -0.2) is 14.5 Å². The van der Waals surface area contributed by atoms with Gasteiger partial charge in [0.05, 0.1) is 6.20 Å². The van der Waals surface area contributed by atoms with Crippen molar-refractivity contribution in [3.05, 3.63) is 91.6 Å². The molecule has 0 aliphatic heterocycles. The van der Waals surface area contributed by atoms with Gasteiger partial charge in [-0.05, 0) is 52.4 Å². The van der Waals surface area contributed by atoms with Gasteiger partial charge < -0.3 is 5.11 Å². The molecule has 0 saturated heterocycles. The van der Waals surface area contributed by atoms with E-state index in [0.717, 1.165) is 9.13 Å². The molecule has 4 rings (SSSR count). The molecule has 3 heterocycles. The van der Waals surface area contributed by atoms with Crippen molar-refractivity contribution in [3.8, 4) is 17.0 Å². The third-order valence-electron chi connectivity index (χ3n) is 4.27. The fourth-order valence-corrected chi connectivity index (χ4v) is 3.68. The molecule has 0 spiro atoms. The van der Waals surface area contributed by atoms with Crippen molar-refractivity contribution in [2.75, 3.05) is 0 Å². The summed E-state index contributed by atoms with van der Waals surface area (Å²) < 4.78 is 4.22. The Morgan fingerprint density at radius 2 is 2.00 bits per heavy atom. The van der Waals surface area contributed by atoms with Crippen LogP contribution >= 0.6 is 34.2 Å². The predicted octanol–water partition coefficient (Wildman–Crippen LogP) is 3.66. The van der Waals surface area contributed by atoms with Gasteiger partial charge in [0.1, 0.15) is 11.7 Å². The summed E-state index contributed by atoms with van der Waals surface area (Å²) in [6.07, 6.45) is 3.36. The smallest absolute Gasteiger partial charge is 0.354 e. The maximum atomic E-state index is 13.1. The van der Waals surface area contributed by atoms with Crippen molar-refractivity contribution in [2.24, 2.45) is 0 Å². The lowest BCUT2D eigenvalue weighted by Crippen LogP contribution is -2.41. The van der Waals surface area contributed by atoms with Crippen LogP contribution in [0.5, 0.6) is 5.88 Å². The number of aromatic hydroxyl groups is 1. The van der Waals surface area contributed by atoms with Gasteiger partial charge in [-0.15, -0.1) is 0 Å². The van der Waals surface area contributed by atoms with Crippen LogP contribution in [0.15, 0.2) is 71.8 Å². The molecule has 1 N–H and O–H groups in total. The first-order chi connectivity index (χ1) is 13.0. The molecule has 134 valence electrons. The number of rotatable bonds is 3. The standard InChI is InChI=1S/C20H13ClIN3O2/c21-16-8-7-13(11-23-16)12-25-17-6-1-2-9-24(17)19(26)18(20(25)27)14-4-3-5-15(22)10-14/h1-11H,12H2/p+1. The number of hydrogen-bond acceptors (Lipinski definition) is 3. The molecule has 4 aromatic rings. The lowest BCUT2D eigenvalue weighted by Gasteiger charge is -2.10. The Labute approximate surface area is 173 Å². The van der Waals surface area contributed by atoms with Crippen molar-refractivity contribution < 1.29 is 9.67 Å². The average Bonchev–Trinajstić information content (AvgIpc) is 2.67. The van der Waals surface area contributed by atoms with E-state index in [1.165, 1.54) is 4.40 Å². The van der Waals surface area contributed by atoms with Crippen LogP contribution in [-0.2, 0) is 6.54 Å². The zero-order valence-electron chi connectivity index (χ0n) is 14.0. The third-order valence-corrected chi connectivity index (χ3v) is 5.16. The topological polar surface area (TPSA) is 58.5 Å². The van der Waals surface area contributed by atoms with Gasteiger partial charge in [0.25, 0.3) is 11.5 Å². The van der Waals surface area contributed by atoms with Crippen LogP contribution in [0.1, 0.15) is 5.56 Å². The first kappa shape index (κ1) is 17.9. The molecule has 7 heteroatoms. The van der Waals surface area contributed by atoms with E-state index in [2.05, 4.69) is 27.6 Å². The highest BCUT2D eigenvalue weighted by Gasteiger charge is 2.25. The molecule has 0 atom stereocenters. The van der Waals surface area contributed by atoms with Crippen molar-refractivity contribution in [1.29, 1.82) is 0 Å². The highest BCUT2D eigenvalue weighted by molar-refractivity contribution is 14.1. The number of pyridine rings is 2. The molecule has 0 aliphatic carbocycles. The molecule has 0 radical (unpaired) electrons. The molecule has 0 saturated carbocycles. The van der Waals surface area contributed by atoms with Crippen LogP contribution in [0.25, 0.3) is 16.8 Å². The molecular formula is C20H14ClIN3O2+. The highest BCUT2D eigenvalue weighted by atomic mass is 127. The first-order valence-corrected chi connectivity index (χ1v) is 9.63. The van der Waals surface area contributed by atoms with Gasteiger partial charge >= 0.3 is 5.56 Å². The van der Waals surface area contributed by atoms with Crippen LogP contribution in [0.4, 0.5) is 0 Å².